The molecule has 0 bridgehead atoms. The Morgan fingerprint density at radius 2 is 1.61 bits per heavy atom. The van der Waals surface area contributed by atoms with Gasteiger partial charge < -0.3 is 10.2 Å². The topological polar surface area (TPSA) is 68.7 Å². The molecule has 56 heavy (non-hydrogen) atoms. The minimum absolute atomic E-state index is 0.115. The standard InChI is InChI=1S/C49H45N7/c1-4-15-32(16-5-1)46-52-47(33-17-6-2-7-18-33)54-48(53-46)35-30-50-49(51-31-35)56-42-25-13-11-22-39(42)45-37(23-14-26-44(45)56)34-27-28-43-40(29-34)38-21-10-12-24-41(38)55(43)36-19-8-3-9-20-36/h1-2,4-8,11-13,15-20,23-25,27-31,38-39,41,46-47,52H,3,9-10,14,21-22,26H2,(H,53,54). The van der Waals surface area contributed by atoms with Crippen LogP contribution < -0.4 is 20.4 Å². The van der Waals surface area contributed by atoms with Gasteiger partial charge in [0.05, 0.1) is 11.6 Å². The Hall–Kier alpha value is -6.05. The minimum atomic E-state index is -0.208. The quantitative estimate of drug-likeness (QED) is 0.193. The number of aromatic nitrogens is 2. The largest absolute Gasteiger partial charge is 0.350 e. The van der Waals surface area contributed by atoms with Crippen LogP contribution in [0.1, 0.15) is 91.0 Å². The van der Waals surface area contributed by atoms with Crippen LogP contribution in [-0.4, -0.2) is 21.8 Å². The number of amidine groups is 1. The summed E-state index contributed by atoms with van der Waals surface area (Å²) in [6.07, 6.45) is 32.3. The third kappa shape index (κ3) is 5.64. The van der Waals surface area contributed by atoms with Gasteiger partial charge in [-0.25, -0.2) is 15.0 Å². The number of hydrogen-bond acceptors (Lipinski definition) is 7. The summed E-state index contributed by atoms with van der Waals surface area (Å²) in [7, 11) is 0. The number of rotatable bonds is 6. The summed E-state index contributed by atoms with van der Waals surface area (Å²) < 4.78 is 0. The average molecular weight is 732 g/mol. The van der Waals surface area contributed by atoms with Crippen molar-refractivity contribution < 1.29 is 0 Å². The molecule has 0 saturated carbocycles. The van der Waals surface area contributed by atoms with E-state index in [1.54, 1.807) is 0 Å². The predicted octanol–water partition coefficient (Wildman–Crippen LogP) is 10.1. The number of hydrogen-bond donors (Lipinski definition) is 2. The van der Waals surface area contributed by atoms with Crippen LogP contribution >= 0.6 is 0 Å². The number of anilines is 2. The molecule has 3 aromatic carbocycles. The number of nitrogens with one attached hydrogen (secondary N) is 2. The molecular formula is C49H45N7. The van der Waals surface area contributed by atoms with Gasteiger partial charge >= 0.3 is 0 Å². The molecule has 0 spiro atoms. The number of aliphatic imine (C=N–C) groups is 1. The van der Waals surface area contributed by atoms with Crippen molar-refractivity contribution in [3.63, 3.8) is 0 Å². The summed E-state index contributed by atoms with van der Waals surface area (Å²) in [5.41, 5.74) is 14.1. The van der Waals surface area contributed by atoms with Crippen molar-refractivity contribution in [2.75, 3.05) is 9.80 Å². The number of benzene rings is 3. The highest BCUT2D eigenvalue weighted by molar-refractivity contribution is 5.99. The fourth-order valence-corrected chi connectivity index (χ4v) is 9.95. The Labute approximate surface area is 329 Å². The van der Waals surface area contributed by atoms with Gasteiger partial charge in [0.15, 0.2) is 0 Å². The molecule has 4 heterocycles. The lowest BCUT2D eigenvalue weighted by molar-refractivity contribution is 0.409. The molecule has 276 valence electrons. The fourth-order valence-electron chi connectivity index (χ4n) is 9.95. The lowest BCUT2D eigenvalue weighted by atomic mass is 9.80. The summed E-state index contributed by atoms with van der Waals surface area (Å²) in [6, 6.07) is 28.6. The third-order valence-electron chi connectivity index (χ3n) is 12.5. The number of nitrogens with zero attached hydrogens (tertiary/aromatic N) is 5. The molecule has 11 rings (SSSR count). The second-order valence-electron chi connectivity index (χ2n) is 15.7. The maximum Gasteiger partial charge on any atom is 0.234 e. The Bertz CT molecular complexity index is 2430. The summed E-state index contributed by atoms with van der Waals surface area (Å²) in [4.78, 5) is 20.3. The molecule has 3 aliphatic heterocycles. The molecule has 4 aromatic rings. The monoisotopic (exact) mass is 731 g/mol. The van der Waals surface area contributed by atoms with Crippen LogP contribution in [0.2, 0.25) is 0 Å². The Morgan fingerprint density at radius 1 is 0.768 bits per heavy atom. The molecule has 0 saturated heterocycles. The molecule has 7 heteroatoms. The third-order valence-corrected chi connectivity index (χ3v) is 12.5. The first-order valence-corrected chi connectivity index (χ1v) is 20.4. The van der Waals surface area contributed by atoms with E-state index in [0.717, 1.165) is 67.0 Å². The first-order chi connectivity index (χ1) is 27.8. The molecule has 7 aliphatic rings. The van der Waals surface area contributed by atoms with Crippen molar-refractivity contribution in [1.29, 1.82) is 0 Å². The molecule has 0 amide bonds. The maximum atomic E-state index is 5.13. The Balaban J connectivity index is 0.934. The SMILES string of the molecule is C1=CCC2C(=C1)N(c1ncc(C3=NC(c4ccccc4)NC(c4ccccc4)N3)cn1)C1=C2C(c2ccc3c(c2)C2CCC=CC2N3C2=CCCC=C2)=CCC1. The first kappa shape index (κ1) is 33.3. The summed E-state index contributed by atoms with van der Waals surface area (Å²) in [5.74, 6) is 2.28. The van der Waals surface area contributed by atoms with E-state index in [-0.39, 0.29) is 18.2 Å². The normalized spacial score (nSPS) is 26.0. The highest BCUT2D eigenvalue weighted by Crippen LogP contribution is 2.53. The van der Waals surface area contributed by atoms with E-state index in [0.29, 0.717) is 12.0 Å². The minimum Gasteiger partial charge on any atom is -0.350 e. The van der Waals surface area contributed by atoms with E-state index in [1.165, 1.54) is 51.5 Å². The van der Waals surface area contributed by atoms with Gasteiger partial charge in [0, 0.05) is 47.0 Å². The van der Waals surface area contributed by atoms with Crippen molar-refractivity contribution in [1.82, 2.24) is 20.6 Å². The maximum absolute atomic E-state index is 5.13. The van der Waals surface area contributed by atoms with Crippen LogP contribution in [0.5, 0.6) is 0 Å². The Morgan fingerprint density at radius 3 is 2.43 bits per heavy atom. The molecular weight excluding hydrogens is 687 g/mol. The van der Waals surface area contributed by atoms with Gasteiger partial charge in [-0.05, 0) is 103 Å². The molecule has 5 unspecified atom stereocenters. The van der Waals surface area contributed by atoms with Crippen LogP contribution in [0.4, 0.5) is 11.6 Å². The van der Waals surface area contributed by atoms with Crippen molar-refractivity contribution >= 4 is 23.0 Å². The lowest BCUT2D eigenvalue weighted by Gasteiger charge is -2.32. The van der Waals surface area contributed by atoms with Gasteiger partial charge in [-0.2, -0.15) is 0 Å². The zero-order valence-corrected chi connectivity index (χ0v) is 31.4. The molecule has 0 radical (unpaired) electrons. The summed E-state index contributed by atoms with van der Waals surface area (Å²) in [6.45, 7) is 0. The van der Waals surface area contributed by atoms with Crippen LogP contribution in [0.3, 0.4) is 0 Å². The summed E-state index contributed by atoms with van der Waals surface area (Å²) in [5, 5.41) is 7.32. The molecule has 4 aliphatic carbocycles. The van der Waals surface area contributed by atoms with Gasteiger partial charge in [0.25, 0.3) is 0 Å². The van der Waals surface area contributed by atoms with Gasteiger partial charge in [0.1, 0.15) is 18.2 Å². The van der Waals surface area contributed by atoms with Gasteiger partial charge in [-0.1, -0.05) is 109 Å². The first-order valence-electron chi connectivity index (χ1n) is 20.4. The van der Waals surface area contributed by atoms with Crippen molar-refractivity contribution in [2.45, 2.75) is 69.2 Å². The molecule has 5 atom stereocenters. The zero-order valence-electron chi connectivity index (χ0n) is 31.4. The Kier molecular flexibility index (Phi) is 8.27. The second kappa shape index (κ2) is 13.9. The molecule has 2 N–H and O–H groups in total. The van der Waals surface area contributed by atoms with Crippen LogP contribution in [-0.2, 0) is 0 Å². The van der Waals surface area contributed by atoms with E-state index in [1.807, 2.05) is 24.5 Å². The summed E-state index contributed by atoms with van der Waals surface area (Å²) >= 11 is 0. The second-order valence-corrected chi connectivity index (χ2v) is 15.7. The highest BCUT2D eigenvalue weighted by atomic mass is 15.3. The van der Waals surface area contributed by atoms with E-state index in [9.17, 15) is 0 Å². The van der Waals surface area contributed by atoms with Crippen molar-refractivity contribution in [3.8, 4) is 0 Å². The van der Waals surface area contributed by atoms with Crippen molar-refractivity contribution in [2.24, 2.45) is 10.9 Å². The van der Waals surface area contributed by atoms with Crippen LogP contribution in [0, 0.1) is 5.92 Å². The van der Waals surface area contributed by atoms with E-state index < -0.39 is 0 Å². The predicted molar refractivity (Wildman–Crippen MR) is 226 cm³/mol. The average Bonchev–Trinajstić information content (AvgIpc) is 3.80. The van der Waals surface area contributed by atoms with Crippen molar-refractivity contribution in [3.05, 3.63) is 196 Å². The smallest absolute Gasteiger partial charge is 0.234 e. The highest BCUT2D eigenvalue weighted by Gasteiger charge is 2.43. The van der Waals surface area contributed by atoms with Gasteiger partial charge in [-0.3, -0.25) is 10.2 Å². The van der Waals surface area contributed by atoms with E-state index in [4.69, 9.17) is 15.0 Å². The lowest BCUT2D eigenvalue weighted by Crippen LogP contribution is -2.45. The van der Waals surface area contributed by atoms with Gasteiger partial charge in [0.2, 0.25) is 5.95 Å². The molecule has 7 nitrogen and oxygen atoms in total. The molecule has 0 fully saturated rings. The fraction of sp³-hybridized carbons (Fsp3) is 0.245. The van der Waals surface area contributed by atoms with E-state index >= 15 is 0 Å². The van der Waals surface area contributed by atoms with Crippen LogP contribution in [0.15, 0.2) is 174 Å². The van der Waals surface area contributed by atoms with Crippen LogP contribution in [0.25, 0.3) is 5.57 Å². The number of fused-ring (bicyclic) bond motifs is 5. The van der Waals surface area contributed by atoms with E-state index in [2.05, 4.69) is 142 Å². The zero-order chi connectivity index (χ0) is 37.0. The number of allylic oxidation sites excluding steroid dienone is 11. The molecule has 1 aromatic heterocycles. The van der Waals surface area contributed by atoms with Gasteiger partial charge in [-0.15, -0.1) is 0 Å².